The lowest BCUT2D eigenvalue weighted by Crippen LogP contribution is -2.39. The molecule has 0 spiro atoms. The van der Waals surface area contributed by atoms with Gasteiger partial charge >= 0.3 is 0 Å². The van der Waals surface area contributed by atoms with Crippen molar-refractivity contribution in [2.24, 2.45) is 7.05 Å². The van der Waals surface area contributed by atoms with Crippen molar-refractivity contribution in [2.75, 3.05) is 0 Å². The van der Waals surface area contributed by atoms with Crippen LogP contribution in [0.3, 0.4) is 0 Å². The largest absolute Gasteiger partial charge is 0.382 e. The molecule has 0 radical (unpaired) electrons. The number of aromatic nitrogens is 2. The molecule has 1 aromatic rings. The van der Waals surface area contributed by atoms with Gasteiger partial charge in [-0.05, 0) is 12.8 Å². The fourth-order valence-corrected chi connectivity index (χ4v) is 2.33. The first-order valence-electron chi connectivity index (χ1n) is 5.88. The second-order valence-corrected chi connectivity index (χ2v) is 4.64. The summed E-state index contributed by atoms with van der Waals surface area (Å²) in [4.78, 5) is 16.2. The van der Waals surface area contributed by atoms with E-state index in [0.29, 0.717) is 18.7 Å². The molecule has 0 saturated heterocycles. The standard InChI is InChI=1S/C12H18N2O2/c1-14-9-8-13-11(14)10(15)12(16)6-4-2-3-5-7-12/h8-9,16H,2-7H2,1H3. The van der Waals surface area contributed by atoms with Crippen LogP contribution in [0.15, 0.2) is 12.4 Å². The van der Waals surface area contributed by atoms with Gasteiger partial charge in [0.2, 0.25) is 5.78 Å². The monoisotopic (exact) mass is 222 g/mol. The Bertz CT molecular complexity index is 376. The van der Waals surface area contributed by atoms with Gasteiger partial charge in [-0.2, -0.15) is 0 Å². The molecule has 1 aromatic heterocycles. The summed E-state index contributed by atoms with van der Waals surface area (Å²) in [6.45, 7) is 0. The number of aliphatic hydroxyl groups is 1. The number of imidazole rings is 1. The number of carbonyl (C=O) groups excluding carboxylic acids is 1. The second-order valence-electron chi connectivity index (χ2n) is 4.64. The Morgan fingerprint density at radius 1 is 1.38 bits per heavy atom. The van der Waals surface area contributed by atoms with E-state index >= 15 is 0 Å². The molecule has 0 atom stereocenters. The van der Waals surface area contributed by atoms with Gasteiger partial charge in [0.15, 0.2) is 5.82 Å². The van der Waals surface area contributed by atoms with Crippen LogP contribution in [-0.2, 0) is 7.05 Å². The Labute approximate surface area is 95.3 Å². The Morgan fingerprint density at radius 2 is 2.00 bits per heavy atom. The normalized spacial score (nSPS) is 20.4. The van der Waals surface area contributed by atoms with Gasteiger partial charge < -0.3 is 9.67 Å². The van der Waals surface area contributed by atoms with Crippen LogP contribution in [0.25, 0.3) is 0 Å². The maximum absolute atomic E-state index is 12.2. The fourth-order valence-electron chi connectivity index (χ4n) is 2.33. The zero-order valence-electron chi connectivity index (χ0n) is 9.65. The van der Waals surface area contributed by atoms with Gasteiger partial charge in [-0.15, -0.1) is 0 Å². The van der Waals surface area contributed by atoms with Gasteiger partial charge in [0.25, 0.3) is 0 Å². The molecule has 4 heteroatoms. The average molecular weight is 222 g/mol. The summed E-state index contributed by atoms with van der Waals surface area (Å²) in [5.41, 5.74) is -1.18. The quantitative estimate of drug-likeness (QED) is 0.612. The Kier molecular flexibility index (Phi) is 3.10. The third kappa shape index (κ3) is 2.02. The van der Waals surface area contributed by atoms with E-state index in [1.807, 2.05) is 0 Å². The van der Waals surface area contributed by atoms with Crippen LogP contribution in [0.1, 0.15) is 49.1 Å². The number of hydrogen-bond acceptors (Lipinski definition) is 3. The number of aryl methyl sites for hydroxylation is 1. The third-order valence-electron chi connectivity index (χ3n) is 3.38. The molecule has 0 unspecified atom stereocenters. The molecular weight excluding hydrogens is 204 g/mol. The van der Waals surface area contributed by atoms with E-state index < -0.39 is 5.60 Å². The first kappa shape index (κ1) is 11.3. The summed E-state index contributed by atoms with van der Waals surface area (Å²) < 4.78 is 1.67. The molecule has 2 rings (SSSR count). The van der Waals surface area contributed by atoms with Gasteiger partial charge in [0.1, 0.15) is 5.60 Å². The summed E-state index contributed by atoms with van der Waals surface area (Å²) in [6.07, 6.45) is 8.52. The van der Waals surface area contributed by atoms with Crippen molar-refractivity contribution in [2.45, 2.75) is 44.1 Å². The number of ketones is 1. The Balaban J connectivity index is 2.22. The van der Waals surface area contributed by atoms with Crippen molar-refractivity contribution in [1.82, 2.24) is 9.55 Å². The summed E-state index contributed by atoms with van der Waals surface area (Å²) in [5.74, 6) is 0.145. The van der Waals surface area contributed by atoms with Crippen LogP contribution >= 0.6 is 0 Å². The van der Waals surface area contributed by atoms with E-state index in [4.69, 9.17) is 0 Å². The van der Waals surface area contributed by atoms with Gasteiger partial charge in [-0.25, -0.2) is 4.98 Å². The molecule has 0 aliphatic heterocycles. The highest BCUT2D eigenvalue weighted by molar-refractivity contribution is 5.99. The topological polar surface area (TPSA) is 55.1 Å². The van der Waals surface area contributed by atoms with Gasteiger partial charge in [0.05, 0.1) is 0 Å². The van der Waals surface area contributed by atoms with Gasteiger partial charge in [0, 0.05) is 19.4 Å². The fraction of sp³-hybridized carbons (Fsp3) is 0.667. The van der Waals surface area contributed by atoms with E-state index in [2.05, 4.69) is 4.98 Å². The molecule has 1 aliphatic carbocycles. The van der Waals surface area contributed by atoms with Crippen molar-refractivity contribution in [3.05, 3.63) is 18.2 Å². The number of nitrogens with zero attached hydrogens (tertiary/aromatic N) is 2. The number of carbonyl (C=O) groups is 1. The van der Waals surface area contributed by atoms with E-state index in [0.717, 1.165) is 25.7 Å². The summed E-state index contributed by atoms with van der Waals surface area (Å²) in [5, 5.41) is 10.4. The van der Waals surface area contributed by atoms with Crippen LogP contribution in [0.5, 0.6) is 0 Å². The van der Waals surface area contributed by atoms with Crippen molar-refractivity contribution >= 4 is 5.78 Å². The predicted octanol–water partition coefficient (Wildman–Crippen LogP) is 1.69. The van der Waals surface area contributed by atoms with E-state index in [9.17, 15) is 9.90 Å². The van der Waals surface area contributed by atoms with Crippen LogP contribution in [-0.4, -0.2) is 26.0 Å². The predicted molar refractivity (Wildman–Crippen MR) is 60.2 cm³/mol. The summed E-state index contributed by atoms with van der Waals surface area (Å²) >= 11 is 0. The third-order valence-corrected chi connectivity index (χ3v) is 3.38. The van der Waals surface area contributed by atoms with Crippen molar-refractivity contribution in [3.63, 3.8) is 0 Å². The summed E-state index contributed by atoms with van der Waals surface area (Å²) in [6, 6.07) is 0. The van der Waals surface area contributed by atoms with Crippen LogP contribution in [0, 0.1) is 0 Å². The van der Waals surface area contributed by atoms with Crippen molar-refractivity contribution in [3.8, 4) is 0 Å². The molecule has 1 saturated carbocycles. The van der Waals surface area contributed by atoms with Crippen LogP contribution in [0.2, 0.25) is 0 Å². The van der Waals surface area contributed by atoms with E-state index in [1.165, 1.54) is 0 Å². The van der Waals surface area contributed by atoms with Crippen molar-refractivity contribution < 1.29 is 9.90 Å². The van der Waals surface area contributed by atoms with Gasteiger partial charge in [-0.1, -0.05) is 25.7 Å². The van der Waals surface area contributed by atoms with Crippen LogP contribution < -0.4 is 0 Å². The molecule has 16 heavy (non-hydrogen) atoms. The van der Waals surface area contributed by atoms with Crippen LogP contribution in [0.4, 0.5) is 0 Å². The number of hydrogen-bond donors (Lipinski definition) is 1. The maximum Gasteiger partial charge on any atom is 0.229 e. The maximum atomic E-state index is 12.2. The minimum atomic E-state index is -1.18. The molecule has 88 valence electrons. The zero-order chi connectivity index (χ0) is 11.6. The lowest BCUT2D eigenvalue weighted by atomic mass is 9.89. The lowest BCUT2D eigenvalue weighted by molar-refractivity contribution is 0.0224. The Morgan fingerprint density at radius 3 is 2.50 bits per heavy atom. The van der Waals surface area contributed by atoms with E-state index in [1.54, 1.807) is 24.0 Å². The minimum absolute atomic E-state index is 0.220. The molecule has 1 aliphatic rings. The molecule has 1 fully saturated rings. The first-order chi connectivity index (χ1) is 7.63. The molecule has 1 N–H and O–H groups in total. The van der Waals surface area contributed by atoms with E-state index in [-0.39, 0.29) is 5.78 Å². The SMILES string of the molecule is Cn1ccnc1C(=O)C1(O)CCCCCC1. The van der Waals surface area contributed by atoms with Gasteiger partial charge in [-0.3, -0.25) is 4.79 Å². The molecule has 0 bridgehead atoms. The highest BCUT2D eigenvalue weighted by Crippen LogP contribution is 2.29. The lowest BCUT2D eigenvalue weighted by Gasteiger charge is -2.24. The molecule has 1 heterocycles. The minimum Gasteiger partial charge on any atom is -0.382 e. The molecule has 0 aromatic carbocycles. The smallest absolute Gasteiger partial charge is 0.229 e. The van der Waals surface area contributed by atoms with Crippen molar-refractivity contribution in [1.29, 1.82) is 0 Å². The highest BCUT2D eigenvalue weighted by Gasteiger charge is 2.38. The first-order valence-corrected chi connectivity index (χ1v) is 5.88. The number of rotatable bonds is 2. The molecular formula is C12H18N2O2. The zero-order valence-corrected chi connectivity index (χ0v) is 9.65. The second kappa shape index (κ2) is 4.37. The molecule has 0 amide bonds. The number of Topliss-reactive ketones (excluding diaryl/α,β-unsaturated/α-hetero) is 1. The molecule has 4 nitrogen and oxygen atoms in total. The highest BCUT2D eigenvalue weighted by atomic mass is 16.3. The Hall–Kier alpha value is -1.16. The average Bonchev–Trinajstić information content (AvgIpc) is 2.55. The summed E-state index contributed by atoms with van der Waals surface area (Å²) in [7, 11) is 1.78.